The van der Waals surface area contributed by atoms with Gasteiger partial charge in [-0.15, -0.1) is 0 Å². The summed E-state index contributed by atoms with van der Waals surface area (Å²) in [7, 11) is 0. The second-order valence-corrected chi connectivity index (χ2v) is 10.5. The lowest BCUT2D eigenvalue weighted by Crippen LogP contribution is -2.45. The van der Waals surface area contributed by atoms with Crippen LogP contribution in [0.1, 0.15) is 29.2 Å². The van der Waals surface area contributed by atoms with Crippen molar-refractivity contribution in [1.82, 2.24) is 24.3 Å². The van der Waals surface area contributed by atoms with Crippen LogP contribution in [-0.4, -0.2) is 81.0 Å². The topological polar surface area (TPSA) is 112 Å². The van der Waals surface area contributed by atoms with Crippen LogP contribution in [0.15, 0.2) is 85.5 Å². The number of amides is 4. The summed E-state index contributed by atoms with van der Waals surface area (Å²) in [5.74, 6) is -0.576. The van der Waals surface area contributed by atoms with E-state index in [4.69, 9.17) is 4.74 Å². The first-order valence-corrected chi connectivity index (χ1v) is 13.9. The average Bonchev–Trinajstić information content (AvgIpc) is 3.64. The molecule has 2 aliphatic heterocycles. The molecule has 2 saturated heterocycles. The molecule has 1 aromatic heterocycles. The highest BCUT2D eigenvalue weighted by atomic mass is 16.5. The molecule has 0 saturated carbocycles. The highest BCUT2D eigenvalue weighted by molar-refractivity contribution is 6.06. The van der Waals surface area contributed by atoms with E-state index < -0.39 is 24.0 Å². The smallest absolute Gasteiger partial charge is 0.327 e. The van der Waals surface area contributed by atoms with Gasteiger partial charge in [-0.2, -0.15) is 5.26 Å². The Hall–Kier alpha value is -5.01. The van der Waals surface area contributed by atoms with Crippen molar-refractivity contribution >= 4 is 28.6 Å². The SMILES string of the molecule is N#Cc1ccc([C@@H](CN2C(=O)[C@H](CC(=O)N3CCOCC3)N(Cc3cccc4ccccc34)C2=O)n2ccnc2)cc1. The van der Waals surface area contributed by atoms with Crippen LogP contribution >= 0.6 is 0 Å². The molecule has 0 unspecified atom stereocenters. The molecule has 4 aromatic rings. The molecule has 0 bridgehead atoms. The number of nitrogens with zero attached hydrogens (tertiary/aromatic N) is 6. The van der Waals surface area contributed by atoms with Crippen molar-refractivity contribution < 1.29 is 19.1 Å². The second kappa shape index (κ2) is 11.8. The van der Waals surface area contributed by atoms with E-state index in [0.29, 0.717) is 31.9 Å². The quantitative estimate of drug-likeness (QED) is 0.304. The fourth-order valence-electron chi connectivity index (χ4n) is 5.74. The number of imide groups is 1. The summed E-state index contributed by atoms with van der Waals surface area (Å²) in [5.41, 5.74) is 2.23. The fourth-order valence-corrected chi connectivity index (χ4v) is 5.74. The summed E-state index contributed by atoms with van der Waals surface area (Å²) in [4.78, 5) is 50.1. The molecular weight excluding hydrogens is 532 g/mol. The lowest BCUT2D eigenvalue weighted by atomic mass is 10.0. The monoisotopic (exact) mass is 562 g/mol. The van der Waals surface area contributed by atoms with Gasteiger partial charge in [-0.1, -0.05) is 54.6 Å². The standard InChI is InChI=1S/C32H30N6O4/c33-19-23-8-10-25(11-9-23)29(36-13-12-34-22-36)21-38-31(40)28(18-30(39)35-14-16-42-17-15-35)37(32(38)41)20-26-6-3-5-24-4-1-2-7-27(24)26/h1-13,22,28-29H,14-18,20-21H2/t28-,29+/m0/s1. The second-order valence-electron chi connectivity index (χ2n) is 10.5. The Morgan fingerprint density at radius 2 is 1.79 bits per heavy atom. The van der Waals surface area contributed by atoms with Gasteiger partial charge in [-0.05, 0) is 34.0 Å². The molecule has 2 aliphatic rings. The van der Waals surface area contributed by atoms with Crippen molar-refractivity contribution in [3.63, 3.8) is 0 Å². The molecule has 0 aliphatic carbocycles. The fraction of sp³-hybridized carbons (Fsp3) is 0.281. The molecular formula is C32H30N6O4. The van der Waals surface area contributed by atoms with Gasteiger partial charge in [-0.3, -0.25) is 14.5 Å². The summed E-state index contributed by atoms with van der Waals surface area (Å²) < 4.78 is 7.23. The highest BCUT2D eigenvalue weighted by Gasteiger charge is 2.47. The highest BCUT2D eigenvalue weighted by Crippen LogP contribution is 2.30. The zero-order valence-corrected chi connectivity index (χ0v) is 23.0. The van der Waals surface area contributed by atoms with E-state index in [1.165, 1.54) is 9.80 Å². The molecule has 3 aromatic carbocycles. The number of ether oxygens (including phenoxy) is 1. The molecule has 0 N–H and O–H groups in total. The van der Waals surface area contributed by atoms with Gasteiger partial charge in [0.05, 0.1) is 50.2 Å². The van der Waals surface area contributed by atoms with Crippen molar-refractivity contribution in [2.75, 3.05) is 32.8 Å². The summed E-state index contributed by atoms with van der Waals surface area (Å²) in [6.45, 7) is 2.06. The predicted molar refractivity (Wildman–Crippen MR) is 154 cm³/mol. The van der Waals surface area contributed by atoms with E-state index in [2.05, 4.69) is 11.1 Å². The third kappa shape index (κ3) is 5.34. The minimum absolute atomic E-state index is 0.0498. The maximum atomic E-state index is 14.1. The van der Waals surface area contributed by atoms with E-state index >= 15 is 0 Å². The molecule has 10 nitrogen and oxygen atoms in total. The van der Waals surface area contributed by atoms with E-state index in [1.807, 2.05) is 59.2 Å². The molecule has 42 heavy (non-hydrogen) atoms. The van der Waals surface area contributed by atoms with Gasteiger partial charge in [0.2, 0.25) is 5.91 Å². The summed E-state index contributed by atoms with van der Waals surface area (Å²) in [5, 5.41) is 11.3. The molecule has 10 heteroatoms. The van der Waals surface area contributed by atoms with Crippen LogP contribution in [0.5, 0.6) is 0 Å². The number of morpholine rings is 1. The number of rotatable bonds is 8. The first-order chi connectivity index (χ1) is 20.5. The Morgan fingerprint density at radius 3 is 2.52 bits per heavy atom. The summed E-state index contributed by atoms with van der Waals surface area (Å²) >= 11 is 0. The molecule has 6 rings (SSSR count). The molecule has 0 spiro atoms. The third-order valence-electron chi connectivity index (χ3n) is 8.02. The summed E-state index contributed by atoms with van der Waals surface area (Å²) in [6, 6.07) is 21.2. The number of imidazole rings is 1. The lowest BCUT2D eigenvalue weighted by molar-refractivity contribution is -0.139. The summed E-state index contributed by atoms with van der Waals surface area (Å²) in [6.07, 6.45) is 4.96. The van der Waals surface area contributed by atoms with E-state index in [9.17, 15) is 19.6 Å². The van der Waals surface area contributed by atoms with Gasteiger partial charge in [0.15, 0.2) is 0 Å². The Morgan fingerprint density at radius 1 is 1.02 bits per heavy atom. The van der Waals surface area contributed by atoms with Crippen LogP contribution in [0.2, 0.25) is 0 Å². The van der Waals surface area contributed by atoms with Gasteiger partial charge in [-0.25, -0.2) is 9.78 Å². The zero-order valence-electron chi connectivity index (χ0n) is 23.0. The van der Waals surface area contributed by atoms with Crippen molar-refractivity contribution in [3.05, 3.63) is 102 Å². The van der Waals surface area contributed by atoms with E-state index in [-0.39, 0.29) is 25.4 Å². The minimum atomic E-state index is -0.934. The van der Waals surface area contributed by atoms with Gasteiger partial charge >= 0.3 is 6.03 Å². The van der Waals surface area contributed by atoms with Gasteiger partial charge in [0.25, 0.3) is 5.91 Å². The molecule has 2 fully saturated rings. The number of carbonyl (C=O) groups excluding carboxylic acids is 3. The number of fused-ring (bicyclic) bond motifs is 1. The Bertz CT molecular complexity index is 1630. The number of hydrogen-bond acceptors (Lipinski definition) is 6. The van der Waals surface area contributed by atoms with Crippen LogP contribution < -0.4 is 0 Å². The molecule has 4 amide bonds. The van der Waals surface area contributed by atoms with Crippen LogP contribution in [0.3, 0.4) is 0 Å². The zero-order chi connectivity index (χ0) is 29.1. The first kappa shape index (κ1) is 27.2. The predicted octanol–water partition coefficient (Wildman–Crippen LogP) is 3.58. The largest absolute Gasteiger partial charge is 0.378 e. The Kier molecular flexibility index (Phi) is 7.66. The van der Waals surface area contributed by atoms with Gasteiger partial charge in [0.1, 0.15) is 6.04 Å². The Labute approximate surface area is 243 Å². The molecule has 0 radical (unpaired) electrons. The number of benzene rings is 3. The van der Waals surface area contributed by atoms with Crippen LogP contribution in [-0.2, 0) is 20.9 Å². The number of carbonyl (C=O) groups is 3. The average molecular weight is 563 g/mol. The van der Waals surface area contributed by atoms with E-state index in [0.717, 1.165) is 21.9 Å². The normalized spacial score (nSPS) is 18.0. The van der Waals surface area contributed by atoms with Crippen molar-refractivity contribution in [1.29, 1.82) is 5.26 Å². The number of hydrogen-bond donors (Lipinski definition) is 0. The Balaban J connectivity index is 1.33. The van der Waals surface area contributed by atoms with Crippen LogP contribution in [0.25, 0.3) is 10.8 Å². The lowest BCUT2D eigenvalue weighted by Gasteiger charge is -2.29. The van der Waals surface area contributed by atoms with Crippen LogP contribution in [0, 0.1) is 11.3 Å². The maximum absolute atomic E-state index is 14.1. The van der Waals surface area contributed by atoms with Gasteiger partial charge in [0, 0.05) is 32.0 Å². The van der Waals surface area contributed by atoms with Crippen molar-refractivity contribution in [3.8, 4) is 6.07 Å². The maximum Gasteiger partial charge on any atom is 0.327 e. The molecule has 2 atom stereocenters. The van der Waals surface area contributed by atoms with Crippen molar-refractivity contribution in [2.24, 2.45) is 0 Å². The minimum Gasteiger partial charge on any atom is -0.378 e. The van der Waals surface area contributed by atoms with Gasteiger partial charge < -0.3 is 19.1 Å². The third-order valence-corrected chi connectivity index (χ3v) is 8.02. The molecule has 212 valence electrons. The first-order valence-electron chi connectivity index (χ1n) is 13.9. The van der Waals surface area contributed by atoms with Crippen LogP contribution in [0.4, 0.5) is 4.79 Å². The number of aromatic nitrogens is 2. The molecule has 3 heterocycles. The number of nitriles is 1. The van der Waals surface area contributed by atoms with E-state index in [1.54, 1.807) is 35.8 Å². The number of urea groups is 1. The van der Waals surface area contributed by atoms with Crippen molar-refractivity contribution in [2.45, 2.75) is 25.0 Å².